The summed E-state index contributed by atoms with van der Waals surface area (Å²) >= 11 is 0. The molecule has 0 saturated carbocycles. The highest BCUT2D eigenvalue weighted by atomic mass is 32.3. The summed E-state index contributed by atoms with van der Waals surface area (Å²) < 4.78 is 2.20. The predicted octanol–water partition coefficient (Wildman–Crippen LogP) is 8.55. The summed E-state index contributed by atoms with van der Waals surface area (Å²) in [6, 6.07) is 22.4. The highest BCUT2D eigenvalue weighted by Crippen LogP contribution is 2.66. The largest absolute Gasteiger partial charge is 0.392 e. The van der Waals surface area contributed by atoms with Gasteiger partial charge in [-0.3, -0.25) is 0 Å². The smallest absolute Gasteiger partial charge is 0.200 e. The van der Waals surface area contributed by atoms with Crippen LogP contribution in [0, 0.1) is 0 Å². The van der Waals surface area contributed by atoms with E-state index in [1.807, 2.05) is 13.8 Å². The SMILES string of the molecule is CC.CCc1c2ccccc2c(CO)c2cc(C3=C4C=CC(=[N+](C)C)C=C4S(C)(C)c4cc(N(C)C)ccc43)ccc12. The molecule has 2 aliphatic rings. The Labute approximate surface area is 253 Å². The highest BCUT2D eigenvalue weighted by Gasteiger charge is 2.36. The Hall–Kier alpha value is -3.60. The second kappa shape index (κ2) is 11.6. The van der Waals surface area contributed by atoms with E-state index in [0.717, 1.165) is 22.8 Å². The number of aryl methyl sites for hydroxylation is 1. The summed E-state index contributed by atoms with van der Waals surface area (Å²) in [7, 11) is 7.20. The number of aliphatic hydroxyl groups excluding tert-OH is 1. The van der Waals surface area contributed by atoms with Crippen LogP contribution in [0.1, 0.15) is 43.0 Å². The van der Waals surface area contributed by atoms with Crippen LogP contribution in [-0.2, 0) is 13.0 Å². The quantitative estimate of drug-likeness (QED) is 0.194. The van der Waals surface area contributed by atoms with Gasteiger partial charge in [0.15, 0.2) is 0 Å². The summed E-state index contributed by atoms with van der Waals surface area (Å²) in [5, 5.41) is 15.4. The van der Waals surface area contributed by atoms with Crippen molar-refractivity contribution in [2.24, 2.45) is 0 Å². The lowest BCUT2D eigenvalue weighted by Crippen LogP contribution is -2.19. The standard InChI is InChI=1S/C36H39N2OS.C2H6/c1-8-26-27-11-9-10-12-28(27)33(22-39)32-19-23(13-16-29(26)32)36-30-17-14-24(37(2)3)20-34(30)40(6,7)35-21-25(38(4)5)15-18-31(35)36;1-2/h9-21,39H,8,22H2,1-7H3;1-2H3/q+1;. The molecule has 1 aliphatic carbocycles. The molecule has 4 aromatic rings. The summed E-state index contributed by atoms with van der Waals surface area (Å²) in [5.74, 6) is 0. The van der Waals surface area contributed by atoms with Gasteiger partial charge in [-0.2, -0.15) is 10.0 Å². The van der Waals surface area contributed by atoms with Crippen LogP contribution in [0.15, 0.2) is 94.3 Å². The Kier molecular flexibility index (Phi) is 8.24. The highest BCUT2D eigenvalue weighted by molar-refractivity contribution is 8.36. The van der Waals surface area contributed by atoms with Gasteiger partial charge in [-0.25, -0.2) is 4.58 Å². The van der Waals surface area contributed by atoms with Crippen LogP contribution in [-0.4, -0.2) is 56.1 Å². The molecule has 0 spiro atoms. The lowest BCUT2D eigenvalue weighted by molar-refractivity contribution is -0.462. The normalized spacial score (nSPS) is 16.0. The van der Waals surface area contributed by atoms with Gasteiger partial charge in [0.05, 0.1) is 6.61 Å². The molecule has 0 fully saturated rings. The summed E-state index contributed by atoms with van der Waals surface area (Å²) in [6.45, 7) is 6.24. The summed E-state index contributed by atoms with van der Waals surface area (Å²) in [6.07, 6.45) is 12.8. The Balaban J connectivity index is 0.00000173. The van der Waals surface area contributed by atoms with Crippen molar-refractivity contribution in [2.45, 2.75) is 38.7 Å². The van der Waals surface area contributed by atoms with Gasteiger partial charge in [0.25, 0.3) is 0 Å². The minimum absolute atomic E-state index is 0.0164. The van der Waals surface area contributed by atoms with E-state index >= 15 is 0 Å². The molecule has 1 heterocycles. The Morgan fingerprint density at radius 3 is 2.10 bits per heavy atom. The molecule has 0 radical (unpaired) electrons. The van der Waals surface area contributed by atoms with E-state index in [9.17, 15) is 5.11 Å². The van der Waals surface area contributed by atoms with Gasteiger partial charge in [0.2, 0.25) is 5.71 Å². The minimum Gasteiger partial charge on any atom is -0.392 e. The molecule has 3 nitrogen and oxygen atoms in total. The molecule has 0 atom stereocenters. The third-order valence-electron chi connectivity index (χ3n) is 8.65. The molecule has 0 bridgehead atoms. The van der Waals surface area contributed by atoms with Crippen LogP contribution in [0.2, 0.25) is 0 Å². The van der Waals surface area contributed by atoms with Crippen LogP contribution in [0.5, 0.6) is 0 Å². The average molecular weight is 578 g/mol. The lowest BCUT2D eigenvalue weighted by Gasteiger charge is -2.43. The van der Waals surface area contributed by atoms with Crippen molar-refractivity contribution in [1.82, 2.24) is 0 Å². The fourth-order valence-corrected chi connectivity index (χ4v) is 8.98. The van der Waals surface area contributed by atoms with E-state index < -0.39 is 10.0 Å². The van der Waals surface area contributed by atoms with Gasteiger partial charge >= 0.3 is 0 Å². The molecule has 0 aromatic heterocycles. The van der Waals surface area contributed by atoms with Crippen LogP contribution < -0.4 is 4.90 Å². The maximum Gasteiger partial charge on any atom is 0.200 e. The van der Waals surface area contributed by atoms with Gasteiger partial charge in [-0.15, -0.1) is 0 Å². The topological polar surface area (TPSA) is 26.5 Å². The maximum atomic E-state index is 10.6. The van der Waals surface area contributed by atoms with Gasteiger partial charge in [-0.1, -0.05) is 63.2 Å². The third kappa shape index (κ3) is 4.71. The Bertz CT molecular complexity index is 1830. The molecule has 0 unspecified atom stereocenters. The summed E-state index contributed by atoms with van der Waals surface area (Å²) in [5.41, 5.74) is 9.93. The molecule has 6 rings (SSSR count). The van der Waals surface area contributed by atoms with Crippen molar-refractivity contribution in [3.05, 3.63) is 112 Å². The number of hydrogen-bond donors (Lipinski definition) is 1. The lowest BCUT2D eigenvalue weighted by atomic mass is 9.85. The van der Waals surface area contributed by atoms with E-state index in [2.05, 4.69) is 136 Å². The zero-order valence-electron chi connectivity index (χ0n) is 26.7. The van der Waals surface area contributed by atoms with Gasteiger partial charge < -0.3 is 10.0 Å². The van der Waals surface area contributed by atoms with Gasteiger partial charge in [-0.05, 0) is 98.2 Å². The van der Waals surface area contributed by atoms with E-state index in [4.69, 9.17) is 0 Å². The van der Waals surface area contributed by atoms with Crippen LogP contribution in [0.4, 0.5) is 5.69 Å². The molecule has 1 N–H and O–H groups in total. The first kappa shape index (κ1) is 29.9. The number of fused-ring (bicyclic) bond motifs is 4. The van der Waals surface area contributed by atoms with Crippen molar-refractivity contribution in [1.29, 1.82) is 0 Å². The minimum atomic E-state index is -1.26. The molecule has 42 heavy (non-hydrogen) atoms. The van der Waals surface area contributed by atoms with Gasteiger partial charge in [0, 0.05) is 41.7 Å². The van der Waals surface area contributed by atoms with Gasteiger partial charge in [0.1, 0.15) is 14.1 Å². The fraction of sp³-hybridized carbons (Fsp3) is 0.289. The number of rotatable bonds is 4. The number of nitrogens with zero attached hydrogens (tertiary/aromatic N) is 2. The molecule has 4 aromatic carbocycles. The maximum absolute atomic E-state index is 10.6. The number of benzene rings is 4. The van der Waals surface area contributed by atoms with E-state index in [-0.39, 0.29) is 6.61 Å². The van der Waals surface area contributed by atoms with Crippen molar-refractivity contribution in [3.8, 4) is 0 Å². The average Bonchev–Trinajstić information content (AvgIpc) is 3.00. The monoisotopic (exact) mass is 577 g/mol. The fourth-order valence-electron chi connectivity index (χ4n) is 6.47. The van der Waals surface area contributed by atoms with Crippen molar-refractivity contribution in [2.75, 3.05) is 45.6 Å². The molecule has 218 valence electrons. The second-order valence-electron chi connectivity index (χ2n) is 11.6. The van der Waals surface area contributed by atoms with Crippen molar-refractivity contribution < 1.29 is 9.68 Å². The van der Waals surface area contributed by atoms with Crippen molar-refractivity contribution in [3.63, 3.8) is 0 Å². The van der Waals surface area contributed by atoms with Crippen LogP contribution >= 0.6 is 10.0 Å². The number of allylic oxidation sites excluding steroid dienone is 4. The zero-order valence-corrected chi connectivity index (χ0v) is 27.5. The first-order chi connectivity index (χ1) is 20.2. The second-order valence-corrected chi connectivity index (χ2v) is 15.2. The van der Waals surface area contributed by atoms with E-state index in [1.165, 1.54) is 59.8 Å². The van der Waals surface area contributed by atoms with Crippen molar-refractivity contribution >= 4 is 48.5 Å². The predicted molar refractivity (Wildman–Crippen MR) is 187 cm³/mol. The Morgan fingerprint density at radius 1 is 0.810 bits per heavy atom. The molecular weight excluding hydrogens is 532 g/mol. The molecule has 0 saturated heterocycles. The van der Waals surface area contributed by atoms with E-state index in [0.29, 0.717) is 0 Å². The molecule has 0 amide bonds. The van der Waals surface area contributed by atoms with Crippen LogP contribution in [0.3, 0.4) is 0 Å². The first-order valence-corrected chi connectivity index (χ1v) is 17.4. The number of hydrogen-bond acceptors (Lipinski definition) is 2. The summed E-state index contributed by atoms with van der Waals surface area (Å²) in [4.78, 5) is 5.04. The Morgan fingerprint density at radius 2 is 1.48 bits per heavy atom. The van der Waals surface area contributed by atoms with Crippen LogP contribution in [0.25, 0.3) is 27.1 Å². The zero-order chi connectivity index (χ0) is 30.3. The molecule has 4 heteroatoms. The number of aliphatic hydroxyl groups is 1. The molecular formula is C38H45N2OS+. The first-order valence-electron chi connectivity index (χ1n) is 15.0. The number of anilines is 1. The van der Waals surface area contributed by atoms with E-state index in [1.54, 1.807) is 0 Å². The third-order valence-corrected chi connectivity index (χ3v) is 11.5. The molecule has 1 aliphatic heterocycles.